The molecule has 2 nitrogen and oxygen atoms in total. The molecule has 0 aromatic rings. The van der Waals surface area contributed by atoms with Crippen LogP contribution in [0.15, 0.2) is 11.6 Å². The highest BCUT2D eigenvalue weighted by Gasteiger charge is 1.92. The van der Waals surface area contributed by atoms with Crippen molar-refractivity contribution in [2.24, 2.45) is 0 Å². The Hall–Kier alpha value is -0.630. The highest BCUT2D eigenvalue weighted by atomic mass is 16.3. The first-order valence-electron chi connectivity index (χ1n) is 7.90. The SMILES string of the molecule is CCCC=C(CC)CO.CCCCCCCC(C)=O. The summed E-state index contributed by atoms with van der Waals surface area (Å²) in [5, 5.41) is 8.68. The van der Waals surface area contributed by atoms with Gasteiger partial charge in [-0.1, -0.05) is 59.0 Å². The van der Waals surface area contributed by atoms with Gasteiger partial charge in [0, 0.05) is 6.42 Å². The zero-order valence-electron chi connectivity index (χ0n) is 13.5. The number of carbonyl (C=O) groups excluding carboxylic acids is 1. The van der Waals surface area contributed by atoms with Gasteiger partial charge in [0.2, 0.25) is 0 Å². The molecule has 0 spiro atoms. The Morgan fingerprint density at radius 3 is 2.05 bits per heavy atom. The lowest BCUT2D eigenvalue weighted by Gasteiger charge is -1.96. The summed E-state index contributed by atoms with van der Waals surface area (Å²) in [4.78, 5) is 10.5. The van der Waals surface area contributed by atoms with E-state index < -0.39 is 0 Å². The summed E-state index contributed by atoms with van der Waals surface area (Å²) in [6.07, 6.45) is 12.4. The molecule has 0 aliphatic rings. The minimum atomic E-state index is 0.233. The van der Waals surface area contributed by atoms with Crippen LogP contribution in [0.1, 0.15) is 85.5 Å². The first-order chi connectivity index (χ1) is 9.12. The number of Topliss-reactive ketones (excluding diaryl/α,β-unsaturated/α-hetero) is 1. The van der Waals surface area contributed by atoms with Gasteiger partial charge in [0.05, 0.1) is 6.61 Å². The number of hydrogen-bond donors (Lipinski definition) is 1. The molecule has 0 fully saturated rings. The zero-order valence-corrected chi connectivity index (χ0v) is 13.5. The number of ketones is 1. The molecule has 0 aliphatic carbocycles. The largest absolute Gasteiger partial charge is 0.392 e. The van der Waals surface area contributed by atoms with Crippen LogP contribution in [-0.4, -0.2) is 17.5 Å². The minimum absolute atomic E-state index is 0.233. The van der Waals surface area contributed by atoms with Crippen LogP contribution in [0.5, 0.6) is 0 Å². The van der Waals surface area contributed by atoms with E-state index >= 15 is 0 Å². The van der Waals surface area contributed by atoms with Gasteiger partial charge in [-0.3, -0.25) is 0 Å². The van der Waals surface area contributed by atoms with E-state index in [0.717, 1.165) is 31.3 Å². The summed E-state index contributed by atoms with van der Waals surface area (Å²) in [5.74, 6) is 0.330. The van der Waals surface area contributed by atoms with Gasteiger partial charge in [0.15, 0.2) is 0 Å². The molecule has 0 aromatic heterocycles. The summed E-state index contributed by atoms with van der Waals surface area (Å²) in [6, 6.07) is 0. The topological polar surface area (TPSA) is 37.3 Å². The molecule has 19 heavy (non-hydrogen) atoms. The fourth-order valence-electron chi connectivity index (χ4n) is 1.65. The highest BCUT2D eigenvalue weighted by Crippen LogP contribution is 2.04. The van der Waals surface area contributed by atoms with Crippen LogP contribution in [0, 0.1) is 0 Å². The third-order valence-corrected chi connectivity index (χ3v) is 3.01. The lowest BCUT2D eigenvalue weighted by atomic mass is 10.1. The van der Waals surface area contributed by atoms with Gasteiger partial charge in [-0.2, -0.15) is 0 Å². The van der Waals surface area contributed by atoms with Crippen molar-refractivity contribution in [3.63, 3.8) is 0 Å². The first-order valence-corrected chi connectivity index (χ1v) is 7.90. The Labute approximate surface area is 120 Å². The molecule has 0 saturated heterocycles. The molecule has 0 radical (unpaired) electrons. The third kappa shape index (κ3) is 19.9. The molecule has 0 unspecified atom stereocenters. The van der Waals surface area contributed by atoms with Gasteiger partial charge in [0.25, 0.3) is 0 Å². The van der Waals surface area contributed by atoms with Crippen molar-refractivity contribution in [2.75, 3.05) is 6.61 Å². The average molecular weight is 270 g/mol. The van der Waals surface area contributed by atoms with Crippen LogP contribution in [0.3, 0.4) is 0 Å². The fraction of sp³-hybridized carbons (Fsp3) is 0.824. The van der Waals surface area contributed by atoms with E-state index in [1.54, 1.807) is 6.92 Å². The lowest BCUT2D eigenvalue weighted by Crippen LogP contribution is -1.88. The van der Waals surface area contributed by atoms with E-state index in [1.165, 1.54) is 32.1 Å². The van der Waals surface area contributed by atoms with Crippen molar-refractivity contribution in [2.45, 2.75) is 85.5 Å². The predicted molar refractivity (Wildman–Crippen MR) is 84.4 cm³/mol. The average Bonchev–Trinajstić information content (AvgIpc) is 2.40. The number of rotatable bonds is 10. The molecule has 1 N–H and O–H groups in total. The molecule has 0 saturated carbocycles. The highest BCUT2D eigenvalue weighted by molar-refractivity contribution is 5.75. The second-order valence-electron chi connectivity index (χ2n) is 5.03. The summed E-state index contributed by atoms with van der Waals surface area (Å²) in [7, 11) is 0. The van der Waals surface area contributed by atoms with E-state index in [0.29, 0.717) is 5.78 Å². The molecule has 2 heteroatoms. The van der Waals surface area contributed by atoms with Gasteiger partial charge in [0.1, 0.15) is 5.78 Å². The number of aliphatic hydroxyl groups is 1. The Bertz CT molecular complexity index is 213. The number of hydrogen-bond acceptors (Lipinski definition) is 2. The molecular weight excluding hydrogens is 236 g/mol. The summed E-state index contributed by atoms with van der Waals surface area (Å²) < 4.78 is 0. The summed E-state index contributed by atoms with van der Waals surface area (Å²) >= 11 is 0. The van der Waals surface area contributed by atoms with Gasteiger partial charge < -0.3 is 9.90 Å². The van der Waals surface area contributed by atoms with Crippen LogP contribution < -0.4 is 0 Å². The van der Waals surface area contributed by atoms with Gasteiger partial charge >= 0.3 is 0 Å². The van der Waals surface area contributed by atoms with E-state index in [1.807, 2.05) is 0 Å². The van der Waals surface area contributed by atoms with Crippen molar-refractivity contribution >= 4 is 5.78 Å². The van der Waals surface area contributed by atoms with Gasteiger partial charge in [-0.05, 0) is 31.8 Å². The van der Waals surface area contributed by atoms with Crippen LogP contribution in [0.25, 0.3) is 0 Å². The van der Waals surface area contributed by atoms with Crippen LogP contribution in [0.2, 0.25) is 0 Å². The molecule has 0 heterocycles. The zero-order chi connectivity index (χ0) is 14.9. The van der Waals surface area contributed by atoms with Crippen molar-refractivity contribution < 1.29 is 9.90 Å². The maximum absolute atomic E-state index is 10.5. The normalized spacial score (nSPS) is 10.9. The summed E-state index contributed by atoms with van der Waals surface area (Å²) in [5.41, 5.74) is 1.16. The van der Waals surface area contributed by atoms with E-state index in [9.17, 15) is 4.79 Å². The molecule has 0 rings (SSSR count). The van der Waals surface area contributed by atoms with Crippen LogP contribution >= 0.6 is 0 Å². The van der Waals surface area contributed by atoms with Crippen molar-refractivity contribution in [3.05, 3.63) is 11.6 Å². The van der Waals surface area contributed by atoms with Crippen LogP contribution in [0.4, 0.5) is 0 Å². The minimum Gasteiger partial charge on any atom is -0.392 e. The number of unbranched alkanes of at least 4 members (excludes halogenated alkanes) is 5. The van der Waals surface area contributed by atoms with Crippen LogP contribution in [-0.2, 0) is 4.79 Å². The van der Waals surface area contributed by atoms with Crippen molar-refractivity contribution in [1.82, 2.24) is 0 Å². The number of carbonyl (C=O) groups is 1. The number of aliphatic hydroxyl groups excluding tert-OH is 1. The van der Waals surface area contributed by atoms with E-state index in [-0.39, 0.29) is 6.61 Å². The fourth-order valence-corrected chi connectivity index (χ4v) is 1.65. The van der Waals surface area contributed by atoms with Crippen molar-refractivity contribution in [1.29, 1.82) is 0 Å². The smallest absolute Gasteiger partial charge is 0.129 e. The molecule has 0 aliphatic heterocycles. The van der Waals surface area contributed by atoms with Crippen molar-refractivity contribution in [3.8, 4) is 0 Å². The second-order valence-corrected chi connectivity index (χ2v) is 5.03. The quantitative estimate of drug-likeness (QED) is 0.445. The predicted octanol–water partition coefficient (Wildman–Crippen LogP) is 5.05. The monoisotopic (exact) mass is 270 g/mol. The first kappa shape index (κ1) is 20.7. The molecule has 0 atom stereocenters. The van der Waals surface area contributed by atoms with Gasteiger partial charge in [-0.25, -0.2) is 0 Å². The Morgan fingerprint density at radius 2 is 1.63 bits per heavy atom. The molecular formula is C17H34O2. The third-order valence-electron chi connectivity index (χ3n) is 3.01. The summed E-state index contributed by atoms with van der Waals surface area (Å²) in [6.45, 7) is 8.31. The molecule has 0 bridgehead atoms. The second kappa shape index (κ2) is 17.4. The molecule has 0 amide bonds. The maximum Gasteiger partial charge on any atom is 0.129 e. The molecule has 0 aromatic carbocycles. The Morgan fingerprint density at radius 1 is 1.00 bits per heavy atom. The Kier molecular flexibility index (Phi) is 18.9. The Balaban J connectivity index is 0. The number of allylic oxidation sites excluding steroid dienone is 1. The van der Waals surface area contributed by atoms with E-state index in [4.69, 9.17) is 5.11 Å². The lowest BCUT2D eigenvalue weighted by molar-refractivity contribution is -0.117. The van der Waals surface area contributed by atoms with E-state index in [2.05, 4.69) is 26.8 Å². The maximum atomic E-state index is 10.5. The van der Waals surface area contributed by atoms with Gasteiger partial charge in [-0.15, -0.1) is 0 Å². The standard InChI is InChI=1S/C9H18O.C8H16O/c1-3-4-5-6-7-8-9(2)10;1-3-5-6-8(4-2)7-9/h3-8H2,1-2H3;6,9H,3-5,7H2,1-2H3. The molecule has 114 valence electrons.